The predicted molar refractivity (Wildman–Crippen MR) is 112 cm³/mol. The van der Waals surface area contributed by atoms with Gasteiger partial charge in [-0.15, -0.1) is 0 Å². The zero-order chi connectivity index (χ0) is 24.0. The molecule has 2 aromatic heterocycles. The maximum atomic E-state index is 13.5. The van der Waals surface area contributed by atoms with Crippen LogP contribution in [0.5, 0.6) is 0 Å². The number of hydrogen-bond donors (Lipinski definition) is 0. The van der Waals surface area contributed by atoms with Gasteiger partial charge in [0.1, 0.15) is 11.4 Å². The molecule has 1 aliphatic heterocycles. The highest BCUT2D eigenvalue weighted by Crippen LogP contribution is 2.35. The summed E-state index contributed by atoms with van der Waals surface area (Å²) in [5.41, 5.74) is 0.320. The lowest BCUT2D eigenvalue weighted by molar-refractivity contribution is -0.142. The predicted octanol–water partition coefficient (Wildman–Crippen LogP) is 1.75. The number of aromatic nitrogens is 4. The van der Waals surface area contributed by atoms with Crippen LogP contribution in [-0.4, -0.2) is 69.3 Å². The first-order chi connectivity index (χ1) is 15.5. The Balaban J connectivity index is 1.46. The van der Waals surface area contributed by atoms with Gasteiger partial charge in [-0.1, -0.05) is 6.42 Å². The Morgan fingerprint density at radius 1 is 1.09 bits per heavy atom. The second-order valence-electron chi connectivity index (χ2n) is 8.49. The molecular formula is C20H27F3N6O3S. The van der Waals surface area contributed by atoms with Crippen LogP contribution in [0.1, 0.15) is 41.9 Å². The molecule has 1 saturated heterocycles. The van der Waals surface area contributed by atoms with Crippen molar-refractivity contribution in [1.29, 1.82) is 0 Å². The van der Waals surface area contributed by atoms with Crippen LogP contribution in [0.15, 0.2) is 11.1 Å². The molecule has 0 N–H and O–H groups in total. The SMILES string of the molecule is Cc1c(S(=O)(=O)N2CCN(C(=O)Cn3nc(C(F)(F)F)c4c3CCCCC4)CC2)cnn1C. The number of aryl methyl sites for hydroxylation is 1. The highest BCUT2D eigenvalue weighted by molar-refractivity contribution is 7.89. The van der Waals surface area contributed by atoms with Gasteiger partial charge < -0.3 is 4.90 Å². The monoisotopic (exact) mass is 488 g/mol. The van der Waals surface area contributed by atoms with Gasteiger partial charge in [-0.25, -0.2) is 8.42 Å². The first-order valence-electron chi connectivity index (χ1n) is 10.9. The van der Waals surface area contributed by atoms with Crippen molar-refractivity contribution in [2.45, 2.75) is 56.6 Å². The van der Waals surface area contributed by atoms with Crippen LogP contribution in [0.25, 0.3) is 0 Å². The molecule has 9 nitrogen and oxygen atoms in total. The summed E-state index contributed by atoms with van der Waals surface area (Å²) in [6.07, 6.45) is -0.217. The summed E-state index contributed by atoms with van der Waals surface area (Å²) in [4.78, 5) is 14.5. The van der Waals surface area contributed by atoms with Crippen LogP contribution in [0, 0.1) is 6.92 Å². The van der Waals surface area contributed by atoms with E-state index in [4.69, 9.17) is 0 Å². The maximum Gasteiger partial charge on any atom is 0.435 e. The van der Waals surface area contributed by atoms with Crippen molar-refractivity contribution in [2.75, 3.05) is 26.2 Å². The fourth-order valence-corrected chi connectivity index (χ4v) is 6.09. The molecule has 2 aliphatic rings. The number of carbonyl (C=O) groups is 1. The van der Waals surface area contributed by atoms with Crippen LogP contribution < -0.4 is 0 Å². The fourth-order valence-electron chi connectivity index (χ4n) is 4.48. The Hall–Kier alpha value is -2.41. The largest absolute Gasteiger partial charge is 0.435 e. The fraction of sp³-hybridized carbons (Fsp3) is 0.650. The minimum absolute atomic E-state index is 0.105. The number of alkyl halides is 3. The lowest BCUT2D eigenvalue weighted by Crippen LogP contribution is -2.51. The summed E-state index contributed by atoms with van der Waals surface area (Å²) in [5.74, 6) is -0.368. The van der Waals surface area contributed by atoms with Crippen LogP contribution >= 0.6 is 0 Å². The standard InChI is InChI=1S/C20H27F3N6O3S/c1-14-17(12-24-26(14)2)33(31,32)28-10-8-27(9-11-28)18(30)13-29-16-7-5-3-4-6-15(16)19(25-29)20(21,22)23/h12H,3-11,13H2,1-2H3. The lowest BCUT2D eigenvalue weighted by atomic mass is 10.1. The Morgan fingerprint density at radius 2 is 1.76 bits per heavy atom. The van der Waals surface area contributed by atoms with E-state index in [1.165, 1.54) is 24.8 Å². The van der Waals surface area contributed by atoms with Crippen molar-refractivity contribution in [3.63, 3.8) is 0 Å². The van der Waals surface area contributed by atoms with E-state index in [2.05, 4.69) is 10.2 Å². The number of nitrogens with zero attached hydrogens (tertiary/aromatic N) is 6. The number of rotatable bonds is 4. The smallest absolute Gasteiger partial charge is 0.338 e. The molecule has 3 heterocycles. The summed E-state index contributed by atoms with van der Waals surface area (Å²) in [6.45, 7) is 1.91. The molecule has 0 saturated carbocycles. The van der Waals surface area contributed by atoms with Crippen LogP contribution in [0.3, 0.4) is 0 Å². The lowest BCUT2D eigenvalue weighted by Gasteiger charge is -2.34. The number of fused-ring (bicyclic) bond motifs is 1. The van der Waals surface area contributed by atoms with Crippen molar-refractivity contribution in [3.8, 4) is 0 Å². The van der Waals surface area contributed by atoms with E-state index in [0.29, 0.717) is 30.7 Å². The van der Waals surface area contributed by atoms with Crippen molar-refractivity contribution in [3.05, 3.63) is 28.8 Å². The molecule has 1 fully saturated rings. The molecule has 2 aromatic rings. The second-order valence-corrected chi connectivity index (χ2v) is 10.4. The summed E-state index contributed by atoms with van der Waals surface area (Å²) < 4.78 is 70.3. The van der Waals surface area contributed by atoms with Crippen LogP contribution in [-0.2, 0) is 47.4 Å². The van der Waals surface area contributed by atoms with E-state index in [9.17, 15) is 26.4 Å². The Labute approximate surface area is 190 Å². The highest BCUT2D eigenvalue weighted by atomic mass is 32.2. The van der Waals surface area contributed by atoms with Gasteiger partial charge in [0.15, 0.2) is 5.69 Å². The average molecular weight is 489 g/mol. The van der Waals surface area contributed by atoms with Gasteiger partial charge in [0.25, 0.3) is 0 Å². The molecule has 0 radical (unpaired) electrons. The summed E-state index contributed by atoms with van der Waals surface area (Å²) in [5, 5.41) is 7.76. The summed E-state index contributed by atoms with van der Waals surface area (Å²) >= 11 is 0. The number of sulfonamides is 1. The minimum atomic E-state index is -4.56. The Morgan fingerprint density at radius 3 is 2.36 bits per heavy atom. The average Bonchev–Trinajstić information content (AvgIpc) is 3.17. The molecule has 1 amide bonds. The second kappa shape index (κ2) is 8.75. The third-order valence-electron chi connectivity index (χ3n) is 6.46. The quantitative estimate of drug-likeness (QED) is 0.612. The van der Waals surface area contributed by atoms with Gasteiger partial charge in [-0.2, -0.15) is 27.7 Å². The molecule has 1 aliphatic carbocycles. The highest BCUT2D eigenvalue weighted by Gasteiger charge is 2.40. The number of carbonyl (C=O) groups excluding carboxylic acids is 1. The van der Waals surface area contributed by atoms with Gasteiger partial charge in [0, 0.05) is 44.5 Å². The van der Waals surface area contributed by atoms with Crippen LogP contribution in [0.4, 0.5) is 13.2 Å². The molecule has 0 unspecified atom stereocenters. The number of amides is 1. The zero-order valence-electron chi connectivity index (χ0n) is 18.6. The van der Waals surface area contributed by atoms with E-state index in [1.807, 2.05) is 0 Å². The third kappa shape index (κ3) is 4.52. The molecule has 33 heavy (non-hydrogen) atoms. The first kappa shape index (κ1) is 23.7. The molecular weight excluding hydrogens is 461 g/mol. The van der Waals surface area contributed by atoms with Gasteiger partial charge in [-0.3, -0.25) is 14.2 Å². The van der Waals surface area contributed by atoms with Crippen molar-refractivity contribution >= 4 is 15.9 Å². The molecule has 182 valence electrons. The normalized spacial score (nSPS) is 18.3. The van der Waals surface area contributed by atoms with Crippen LogP contribution in [0.2, 0.25) is 0 Å². The molecule has 13 heteroatoms. The topological polar surface area (TPSA) is 93.3 Å². The van der Waals surface area contributed by atoms with Crippen molar-refractivity contribution in [2.24, 2.45) is 7.05 Å². The van der Waals surface area contributed by atoms with Gasteiger partial charge >= 0.3 is 6.18 Å². The number of piperazine rings is 1. The van der Waals surface area contributed by atoms with E-state index >= 15 is 0 Å². The van der Waals surface area contributed by atoms with Gasteiger partial charge in [0.2, 0.25) is 15.9 Å². The molecule has 0 bridgehead atoms. The summed E-state index contributed by atoms with van der Waals surface area (Å²) in [6, 6.07) is 0. The zero-order valence-corrected chi connectivity index (χ0v) is 19.4. The molecule has 0 spiro atoms. The van der Waals surface area contributed by atoms with Gasteiger partial charge in [-0.05, 0) is 32.6 Å². The van der Waals surface area contributed by atoms with E-state index < -0.39 is 21.9 Å². The number of halogens is 3. The number of hydrogen-bond acceptors (Lipinski definition) is 5. The van der Waals surface area contributed by atoms with Crippen molar-refractivity contribution in [1.82, 2.24) is 28.8 Å². The van der Waals surface area contributed by atoms with E-state index in [-0.39, 0.29) is 49.1 Å². The molecule has 0 atom stereocenters. The Kier molecular flexibility index (Phi) is 6.29. The molecule has 0 aromatic carbocycles. The van der Waals surface area contributed by atoms with Crippen molar-refractivity contribution < 1.29 is 26.4 Å². The Bertz CT molecular complexity index is 1150. The minimum Gasteiger partial charge on any atom is -0.338 e. The van der Waals surface area contributed by atoms with E-state index in [1.54, 1.807) is 14.0 Å². The molecule has 4 rings (SSSR count). The third-order valence-corrected chi connectivity index (χ3v) is 8.46. The summed E-state index contributed by atoms with van der Waals surface area (Å²) in [7, 11) is -2.08. The van der Waals surface area contributed by atoms with Gasteiger partial charge in [0.05, 0.1) is 11.9 Å². The first-order valence-corrected chi connectivity index (χ1v) is 12.4. The van der Waals surface area contributed by atoms with E-state index in [0.717, 1.165) is 12.8 Å². The maximum absolute atomic E-state index is 13.5.